The Morgan fingerprint density at radius 3 is 2.83 bits per heavy atom. The number of amidine groups is 1. The molecule has 1 unspecified atom stereocenters. The molecule has 0 saturated heterocycles. The maximum Gasteiger partial charge on any atom is 0.170 e. The van der Waals surface area contributed by atoms with Gasteiger partial charge in [0.2, 0.25) is 0 Å². The third-order valence-electron chi connectivity index (χ3n) is 2.54. The molecule has 1 rings (SSSR count). The molecule has 5 N–H and O–H groups in total. The normalized spacial score (nSPS) is 13.6. The van der Waals surface area contributed by atoms with Crippen LogP contribution < -0.4 is 11.1 Å². The molecule has 0 fully saturated rings. The zero-order valence-electron chi connectivity index (χ0n) is 10.2. The average Bonchev–Trinajstić information content (AvgIpc) is 2.36. The van der Waals surface area contributed by atoms with Crippen molar-refractivity contribution >= 4 is 5.84 Å². The van der Waals surface area contributed by atoms with Gasteiger partial charge in [0.1, 0.15) is 5.82 Å². The first-order valence-electron chi connectivity index (χ1n) is 5.73. The van der Waals surface area contributed by atoms with E-state index in [1.54, 1.807) is 6.07 Å². The standard InChI is InChI=1S/C12H18FN3O2/c1-2-11(17)7-15-6-8-3-9(12(14)16-18)5-10(13)4-8/h3-5,11,15,17-18H,2,6-7H2,1H3,(H2,14,16). The van der Waals surface area contributed by atoms with E-state index in [1.807, 2.05) is 6.92 Å². The van der Waals surface area contributed by atoms with Gasteiger partial charge in [0.15, 0.2) is 5.84 Å². The molecule has 0 aliphatic carbocycles. The van der Waals surface area contributed by atoms with Gasteiger partial charge in [-0.25, -0.2) is 4.39 Å². The van der Waals surface area contributed by atoms with Gasteiger partial charge >= 0.3 is 0 Å². The van der Waals surface area contributed by atoms with E-state index in [0.29, 0.717) is 30.6 Å². The second kappa shape index (κ2) is 6.93. The van der Waals surface area contributed by atoms with Crippen LogP contribution in [-0.2, 0) is 6.54 Å². The van der Waals surface area contributed by atoms with E-state index in [-0.39, 0.29) is 5.84 Å². The molecule has 18 heavy (non-hydrogen) atoms. The van der Waals surface area contributed by atoms with E-state index >= 15 is 0 Å². The minimum Gasteiger partial charge on any atom is -0.409 e. The van der Waals surface area contributed by atoms with Crippen molar-refractivity contribution < 1.29 is 14.7 Å². The van der Waals surface area contributed by atoms with Crippen LogP contribution in [0.25, 0.3) is 0 Å². The maximum absolute atomic E-state index is 13.3. The lowest BCUT2D eigenvalue weighted by Crippen LogP contribution is -2.26. The van der Waals surface area contributed by atoms with Crippen molar-refractivity contribution in [3.05, 3.63) is 35.1 Å². The summed E-state index contributed by atoms with van der Waals surface area (Å²) in [6, 6.07) is 4.18. The fourth-order valence-corrected chi connectivity index (χ4v) is 1.49. The number of benzene rings is 1. The molecular formula is C12H18FN3O2. The van der Waals surface area contributed by atoms with E-state index in [9.17, 15) is 9.50 Å². The minimum atomic E-state index is -0.452. The van der Waals surface area contributed by atoms with Crippen LogP contribution in [-0.4, -0.2) is 28.8 Å². The van der Waals surface area contributed by atoms with Crippen molar-refractivity contribution in [3.8, 4) is 0 Å². The molecule has 6 heteroatoms. The molecule has 0 aromatic heterocycles. The van der Waals surface area contributed by atoms with Crippen LogP contribution in [0.5, 0.6) is 0 Å². The van der Waals surface area contributed by atoms with Crippen molar-refractivity contribution in [1.82, 2.24) is 5.32 Å². The Morgan fingerprint density at radius 2 is 2.22 bits per heavy atom. The van der Waals surface area contributed by atoms with Crippen molar-refractivity contribution in [2.45, 2.75) is 26.0 Å². The third kappa shape index (κ3) is 4.31. The number of hydrogen-bond donors (Lipinski definition) is 4. The molecule has 0 radical (unpaired) electrons. The molecule has 1 aromatic rings. The number of halogens is 1. The van der Waals surface area contributed by atoms with Gasteiger partial charge in [-0.15, -0.1) is 0 Å². The van der Waals surface area contributed by atoms with Crippen LogP contribution >= 0.6 is 0 Å². The highest BCUT2D eigenvalue weighted by Gasteiger charge is 2.05. The summed E-state index contributed by atoms with van der Waals surface area (Å²) in [4.78, 5) is 0. The lowest BCUT2D eigenvalue weighted by Gasteiger charge is -2.10. The van der Waals surface area contributed by atoms with Gasteiger partial charge in [0.05, 0.1) is 6.10 Å². The van der Waals surface area contributed by atoms with Crippen LogP contribution in [0.15, 0.2) is 23.4 Å². The number of nitrogens with two attached hydrogens (primary N) is 1. The fourth-order valence-electron chi connectivity index (χ4n) is 1.49. The van der Waals surface area contributed by atoms with E-state index in [1.165, 1.54) is 12.1 Å². The average molecular weight is 255 g/mol. The SMILES string of the molecule is CCC(O)CNCc1cc(F)cc(/C(N)=N/O)c1. The summed E-state index contributed by atoms with van der Waals surface area (Å²) in [5.74, 6) is -0.587. The number of rotatable bonds is 6. The Balaban J connectivity index is 2.69. The molecule has 0 aliphatic heterocycles. The van der Waals surface area contributed by atoms with E-state index in [2.05, 4.69) is 10.5 Å². The van der Waals surface area contributed by atoms with Crippen LogP contribution in [0.3, 0.4) is 0 Å². The highest BCUT2D eigenvalue weighted by molar-refractivity contribution is 5.97. The predicted molar refractivity (Wildman–Crippen MR) is 66.9 cm³/mol. The monoisotopic (exact) mass is 255 g/mol. The second-order valence-corrected chi connectivity index (χ2v) is 4.03. The smallest absolute Gasteiger partial charge is 0.170 e. The van der Waals surface area contributed by atoms with Gasteiger partial charge in [-0.3, -0.25) is 0 Å². The molecule has 0 bridgehead atoms. The minimum absolute atomic E-state index is 0.135. The Kier molecular flexibility index (Phi) is 5.54. The van der Waals surface area contributed by atoms with Gasteiger partial charge in [0, 0.05) is 18.7 Å². The molecule has 0 aliphatic rings. The first-order valence-corrected chi connectivity index (χ1v) is 5.73. The molecule has 100 valence electrons. The number of nitrogens with zero attached hydrogens (tertiary/aromatic N) is 1. The highest BCUT2D eigenvalue weighted by Crippen LogP contribution is 2.09. The Labute approximate surface area is 105 Å². The molecule has 1 aromatic carbocycles. The van der Waals surface area contributed by atoms with Gasteiger partial charge in [0.25, 0.3) is 0 Å². The summed E-state index contributed by atoms with van der Waals surface area (Å²) < 4.78 is 13.3. The molecular weight excluding hydrogens is 237 g/mol. The largest absolute Gasteiger partial charge is 0.409 e. The van der Waals surface area contributed by atoms with Crippen LogP contribution in [0.2, 0.25) is 0 Å². The van der Waals surface area contributed by atoms with Gasteiger partial charge in [-0.1, -0.05) is 12.1 Å². The number of hydrogen-bond acceptors (Lipinski definition) is 4. The maximum atomic E-state index is 13.3. The highest BCUT2D eigenvalue weighted by atomic mass is 19.1. The summed E-state index contributed by atoms with van der Waals surface area (Å²) >= 11 is 0. The molecule has 0 amide bonds. The van der Waals surface area contributed by atoms with Crippen molar-refractivity contribution in [2.75, 3.05) is 6.54 Å². The van der Waals surface area contributed by atoms with Crippen LogP contribution in [0, 0.1) is 5.82 Å². The number of nitrogens with one attached hydrogen (secondary N) is 1. The zero-order chi connectivity index (χ0) is 13.5. The summed E-state index contributed by atoms with van der Waals surface area (Å²) in [5, 5.41) is 23.7. The first kappa shape index (κ1) is 14.4. The van der Waals surface area contributed by atoms with Crippen molar-refractivity contribution in [1.29, 1.82) is 0 Å². The van der Waals surface area contributed by atoms with Crippen molar-refractivity contribution in [3.63, 3.8) is 0 Å². The predicted octanol–water partition coefficient (Wildman–Crippen LogP) is 0.781. The molecule has 0 heterocycles. The number of aliphatic hydroxyl groups is 1. The second-order valence-electron chi connectivity index (χ2n) is 4.03. The van der Waals surface area contributed by atoms with Crippen LogP contribution in [0.1, 0.15) is 24.5 Å². The van der Waals surface area contributed by atoms with Crippen molar-refractivity contribution in [2.24, 2.45) is 10.9 Å². The summed E-state index contributed by atoms with van der Waals surface area (Å²) in [7, 11) is 0. The van der Waals surface area contributed by atoms with Gasteiger partial charge in [-0.05, 0) is 30.2 Å². The van der Waals surface area contributed by atoms with E-state index in [4.69, 9.17) is 10.9 Å². The summed E-state index contributed by atoms with van der Waals surface area (Å²) in [6.07, 6.45) is 0.244. The number of oxime groups is 1. The Hall–Kier alpha value is -1.66. The zero-order valence-corrected chi connectivity index (χ0v) is 10.2. The first-order chi connectivity index (χ1) is 8.56. The molecule has 0 saturated carbocycles. The fraction of sp³-hybridized carbons (Fsp3) is 0.417. The lowest BCUT2D eigenvalue weighted by molar-refractivity contribution is 0.167. The van der Waals surface area contributed by atoms with E-state index in [0.717, 1.165) is 0 Å². The van der Waals surface area contributed by atoms with Crippen LogP contribution in [0.4, 0.5) is 4.39 Å². The van der Waals surface area contributed by atoms with Gasteiger partial charge < -0.3 is 21.4 Å². The molecule has 0 spiro atoms. The van der Waals surface area contributed by atoms with Gasteiger partial charge in [-0.2, -0.15) is 0 Å². The Morgan fingerprint density at radius 1 is 1.50 bits per heavy atom. The molecule has 1 atom stereocenters. The third-order valence-corrected chi connectivity index (χ3v) is 2.54. The topological polar surface area (TPSA) is 90.9 Å². The lowest BCUT2D eigenvalue weighted by atomic mass is 10.1. The van der Waals surface area contributed by atoms with E-state index < -0.39 is 11.9 Å². The Bertz CT molecular complexity index is 424. The summed E-state index contributed by atoms with van der Waals surface area (Å²) in [5.41, 5.74) is 6.39. The number of aliphatic hydroxyl groups excluding tert-OH is 1. The quantitative estimate of drug-likeness (QED) is 0.262. The molecule has 5 nitrogen and oxygen atoms in total. The summed E-state index contributed by atoms with van der Waals surface area (Å²) in [6.45, 7) is 2.72.